The molecular weight excluding hydrogens is 248 g/mol. The number of carbonyl (C=O) groups is 2. The third-order valence-corrected chi connectivity index (χ3v) is 3.78. The maximum atomic E-state index is 11.9. The van der Waals surface area contributed by atoms with Gasteiger partial charge in [-0.1, -0.05) is 30.3 Å². The van der Waals surface area contributed by atoms with Gasteiger partial charge in [0.25, 0.3) is 0 Å². The van der Waals surface area contributed by atoms with E-state index in [2.05, 4.69) is 10.6 Å². The Morgan fingerprint density at radius 2 is 2.17 bits per heavy atom. The van der Waals surface area contributed by atoms with E-state index < -0.39 is 6.04 Å². The summed E-state index contributed by atoms with van der Waals surface area (Å²) in [5.41, 5.74) is 1.05. The summed E-state index contributed by atoms with van der Waals surface area (Å²) in [5.74, 6) is 1.28. The Labute approximate surface area is 111 Å². The third kappa shape index (κ3) is 3.77. The SMILES string of the molecule is O=C1CCSC[C@@H](C(=O)NCc2ccccc2)N1. The van der Waals surface area contributed by atoms with Crippen molar-refractivity contribution in [3.8, 4) is 0 Å². The molecule has 2 N–H and O–H groups in total. The number of hydrogen-bond acceptors (Lipinski definition) is 3. The molecule has 1 atom stereocenters. The smallest absolute Gasteiger partial charge is 0.243 e. The first-order chi connectivity index (χ1) is 8.75. The standard InChI is InChI=1S/C13H16N2O2S/c16-12-6-7-18-9-11(15-12)13(17)14-8-10-4-2-1-3-5-10/h1-5,11H,6-9H2,(H,14,17)(H,15,16)/t11-/m0/s1. The lowest BCUT2D eigenvalue weighted by atomic mass is 10.2. The fourth-order valence-electron chi connectivity index (χ4n) is 1.72. The second-order valence-corrected chi connectivity index (χ2v) is 5.30. The van der Waals surface area contributed by atoms with Gasteiger partial charge in [0.05, 0.1) is 0 Å². The normalized spacial score (nSPS) is 19.8. The Morgan fingerprint density at radius 1 is 1.39 bits per heavy atom. The molecule has 18 heavy (non-hydrogen) atoms. The van der Waals surface area contributed by atoms with E-state index >= 15 is 0 Å². The van der Waals surface area contributed by atoms with Gasteiger partial charge in [0.15, 0.2) is 0 Å². The summed E-state index contributed by atoms with van der Waals surface area (Å²) in [6, 6.07) is 9.32. The maximum absolute atomic E-state index is 11.9. The minimum absolute atomic E-state index is 0.0418. The number of amides is 2. The van der Waals surface area contributed by atoms with Crippen LogP contribution in [0.4, 0.5) is 0 Å². The molecule has 4 nitrogen and oxygen atoms in total. The lowest BCUT2D eigenvalue weighted by Crippen LogP contribution is -2.47. The van der Waals surface area contributed by atoms with Crippen LogP contribution in [0.2, 0.25) is 0 Å². The highest BCUT2D eigenvalue weighted by Crippen LogP contribution is 2.10. The van der Waals surface area contributed by atoms with E-state index in [0.717, 1.165) is 11.3 Å². The highest BCUT2D eigenvalue weighted by molar-refractivity contribution is 7.99. The number of benzene rings is 1. The molecule has 1 aromatic carbocycles. The van der Waals surface area contributed by atoms with Crippen molar-refractivity contribution < 1.29 is 9.59 Å². The van der Waals surface area contributed by atoms with Gasteiger partial charge in [-0.15, -0.1) is 0 Å². The highest BCUT2D eigenvalue weighted by atomic mass is 32.2. The second-order valence-electron chi connectivity index (χ2n) is 4.15. The van der Waals surface area contributed by atoms with Crippen LogP contribution in [-0.2, 0) is 16.1 Å². The molecule has 1 aromatic rings. The maximum Gasteiger partial charge on any atom is 0.243 e. The van der Waals surface area contributed by atoms with Crippen molar-refractivity contribution in [3.63, 3.8) is 0 Å². The van der Waals surface area contributed by atoms with Crippen molar-refractivity contribution in [3.05, 3.63) is 35.9 Å². The molecule has 5 heteroatoms. The van der Waals surface area contributed by atoms with Crippen LogP contribution in [0.5, 0.6) is 0 Å². The van der Waals surface area contributed by atoms with E-state index in [1.165, 1.54) is 0 Å². The van der Waals surface area contributed by atoms with Crippen molar-refractivity contribution in [1.29, 1.82) is 0 Å². The van der Waals surface area contributed by atoms with E-state index in [9.17, 15) is 9.59 Å². The molecule has 1 heterocycles. The first-order valence-corrected chi connectivity index (χ1v) is 7.10. The van der Waals surface area contributed by atoms with E-state index in [1.807, 2.05) is 30.3 Å². The predicted molar refractivity (Wildman–Crippen MR) is 72.2 cm³/mol. The van der Waals surface area contributed by atoms with Gasteiger partial charge in [0.2, 0.25) is 11.8 Å². The lowest BCUT2D eigenvalue weighted by molar-refractivity contribution is -0.128. The fraction of sp³-hybridized carbons (Fsp3) is 0.385. The summed E-state index contributed by atoms with van der Waals surface area (Å²) in [6.45, 7) is 0.497. The van der Waals surface area contributed by atoms with E-state index in [-0.39, 0.29) is 11.8 Å². The zero-order valence-corrected chi connectivity index (χ0v) is 10.8. The zero-order chi connectivity index (χ0) is 12.8. The van der Waals surface area contributed by atoms with Crippen LogP contribution in [0.3, 0.4) is 0 Å². The summed E-state index contributed by atoms with van der Waals surface area (Å²) in [7, 11) is 0. The number of thioether (sulfide) groups is 1. The van der Waals surface area contributed by atoms with Gasteiger partial charge < -0.3 is 10.6 Å². The molecule has 2 rings (SSSR count). The van der Waals surface area contributed by atoms with Gasteiger partial charge in [-0.2, -0.15) is 11.8 Å². The molecule has 0 bridgehead atoms. The van der Waals surface area contributed by atoms with Crippen LogP contribution in [0.1, 0.15) is 12.0 Å². The van der Waals surface area contributed by atoms with Crippen molar-refractivity contribution in [2.24, 2.45) is 0 Å². The van der Waals surface area contributed by atoms with E-state index in [4.69, 9.17) is 0 Å². The Balaban J connectivity index is 1.85. The largest absolute Gasteiger partial charge is 0.350 e. The summed E-state index contributed by atoms with van der Waals surface area (Å²) in [4.78, 5) is 23.3. The van der Waals surface area contributed by atoms with Gasteiger partial charge >= 0.3 is 0 Å². The first kappa shape index (κ1) is 13.0. The van der Waals surface area contributed by atoms with Crippen molar-refractivity contribution in [2.45, 2.75) is 19.0 Å². The average Bonchev–Trinajstić information content (AvgIpc) is 2.62. The summed E-state index contributed by atoms with van der Waals surface area (Å²) in [6.07, 6.45) is 0.493. The lowest BCUT2D eigenvalue weighted by Gasteiger charge is -2.15. The summed E-state index contributed by atoms with van der Waals surface area (Å²) in [5, 5.41) is 5.59. The van der Waals surface area contributed by atoms with Crippen molar-refractivity contribution in [1.82, 2.24) is 10.6 Å². The minimum Gasteiger partial charge on any atom is -0.350 e. The Hall–Kier alpha value is -1.49. The molecule has 1 aliphatic heterocycles. The quantitative estimate of drug-likeness (QED) is 0.853. The summed E-state index contributed by atoms with van der Waals surface area (Å²) >= 11 is 1.63. The predicted octanol–water partition coefficient (Wildman–Crippen LogP) is 0.924. The molecule has 1 aliphatic rings. The van der Waals surface area contributed by atoms with E-state index in [1.54, 1.807) is 11.8 Å². The number of rotatable bonds is 3. The van der Waals surface area contributed by atoms with E-state index in [0.29, 0.717) is 18.7 Å². The Bertz CT molecular complexity index is 422. The van der Waals surface area contributed by atoms with Gasteiger partial charge in [-0.3, -0.25) is 9.59 Å². The van der Waals surface area contributed by atoms with Crippen LogP contribution in [0.25, 0.3) is 0 Å². The molecule has 1 fully saturated rings. The zero-order valence-electron chi connectivity index (χ0n) is 10.0. The third-order valence-electron chi connectivity index (χ3n) is 2.72. The van der Waals surface area contributed by atoms with Crippen LogP contribution < -0.4 is 10.6 Å². The molecule has 2 amide bonds. The van der Waals surface area contributed by atoms with Gasteiger partial charge in [-0.05, 0) is 5.56 Å². The number of carbonyl (C=O) groups excluding carboxylic acids is 2. The van der Waals surface area contributed by atoms with Crippen LogP contribution in [-0.4, -0.2) is 29.4 Å². The number of nitrogens with one attached hydrogen (secondary N) is 2. The topological polar surface area (TPSA) is 58.2 Å². The van der Waals surface area contributed by atoms with Crippen LogP contribution in [0, 0.1) is 0 Å². The molecule has 0 aromatic heterocycles. The molecule has 0 spiro atoms. The van der Waals surface area contributed by atoms with Gasteiger partial charge in [0, 0.05) is 24.5 Å². The average molecular weight is 264 g/mol. The molecule has 0 aliphatic carbocycles. The molecule has 0 unspecified atom stereocenters. The number of hydrogen-bond donors (Lipinski definition) is 2. The fourth-order valence-corrected chi connectivity index (χ4v) is 2.69. The van der Waals surface area contributed by atoms with Crippen molar-refractivity contribution >= 4 is 23.6 Å². The molecule has 0 radical (unpaired) electrons. The Kier molecular flexibility index (Phi) is 4.64. The molecular formula is C13H16N2O2S. The van der Waals surface area contributed by atoms with Gasteiger partial charge in [-0.25, -0.2) is 0 Å². The molecule has 1 saturated heterocycles. The second kappa shape index (κ2) is 6.44. The highest BCUT2D eigenvalue weighted by Gasteiger charge is 2.22. The molecule has 96 valence electrons. The van der Waals surface area contributed by atoms with Crippen LogP contribution in [0.15, 0.2) is 30.3 Å². The molecule has 0 saturated carbocycles. The minimum atomic E-state index is -0.409. The van der Waals surface area contributed by atoms with Gasteiger partial charge in [0.1, 0.15) is 6.04 Å². The van der Waals surface area contributed by atoms with Crippen molar-refractivity contribution in [2.75, 3.05) is 11.5 Å². The van der Waals surface area contributed by atoms with Crippen LogP contribution >= 0.6 is 11.8 Å². The first-order valence-electron chi connectivity index (χ1n) is 5.94. The monoisotopic (exact) mass is 264 g/mol. The summed E-state index contributed by atoms with van der Waals surface area (Å²) < 4.78 is 0. The Morgan fingerprint density at radius 3 is 2.94 bits per heavy atom.